The average Bonchev–Trinajstić information content (AvgIpc) is 2.40. The first-order chi connectivity index (χ1) is 9.16. The van der Waals surface area contributed by atoms with Gasteiger partial charge in [-0.25, -0.2) is 0 Å². The van der Waals surface area contributed by atoms with Crippen LogP contribution in [-0.2, 0) is 4.74 Å². The quantitative estimate of drug-likeness (QED) is 0.763. The van der Waals surface area contributed by atoms with Gasteiger partial charge in [0.25, 0.3) is 0 Å². The fraction of sp³-hybridized carbons (Fsp3) is 1.00. The second kappa shape index (κ2) is 5.71. The van der Waals surface area contributed by atoms with E-state index in [1.807, 2.05) is 0 Å². The monoisotopic (exact) mass is 266 g/mol. The zero-order valence-corrected chi connectivity index (χ0v) is 12.7. The van der Waals surface area contributed by atoms with E-state index in [2.05, 4.69) is 23.6 Å². The lowest BCUT2D eigenvalue weighted by atomic mass is 9.81. The van der Waals surface area contributed by atoms with Crippen LogP contribution in [0.3, 0.4) is 0 Å². The molecule has 0 aliphatic carbocycles. The van der Waals surface area contributed by atoms with Crippen molar-refractivity contribution in [3.63, 3.8) is 0 Å². The maximum Gasteiger partial charge on any atom is 0.0471 e. The first-order valence-electron chi connectivity index (χ1n) is 8.22. The predicted octanol–water partition coefficient (Wildman–Crippen LogP) is 2.36. The number of piperidine rings is 1. The molecule has 3 fully saturated rings. The topological polar surface area (TPSA) is 15.7 Å². The zero-order valence-electron chi connectivity index (χ0n) is 12.7. The molecule has 3 nitrogen and oxygen atoms in total. The van der Waals surface area contributed by atoms with Crippen LogP contribution in [0.1, 0.15) is 46.0 Å². The lowest BCUT2D eigenvalue weighted by Crippen LogP contribution is -2.60. The van der Waals surface area contributed by atoms with Gasteiger partial charge in [0.15, 0.2) is 0 Å². The summed E-state index contributed by atoms with van der Waals surface area (Å²) in [6.07, 6.45) is 6.75. The smallest absolute Gasteiger partial charge is 0.0471 e. The molecule has 3 saturated heterocycles. The van der Waals surface area contributed by atoms with E-state index in [1.54, 1.807) is 0 Å². The fourth-order valence-corrected chi connectivity index (χ4v) is 4.15. The number of ether oxygens (including phenoxy) is 1. The summed E-state index contributed by atoms with van der Waals surface area (Å²) < 4.78 is 5.54. The number of rotatable bonds is 2. The first-order valence-corrected chi connectivity index (χ1v) is 8.22. The van der Waals surface area contributed by atoms with Gasteiger partial charge in [-0.1, -0.05) is 13.3 Å². The Morgan fingerprint density at radius 2 is 1.95 bits per heavy atom. The van der Waals surface area contributed by atoms with Crippen molar-refractivity contribution in [3.8, 4) is 0 Å². The van der Waals surface area contributed by atoms with Crippen LogP contribution in [-0.4, -0.2) is 61.3 Å². The maximum atomic E-state index is 5.54. The number of nitrogens with zero attached hydrogens (tertiary/aromatic N) is 2. The van der Waals surface area contributed by atoms with Gasteiger partial charge in [-0.15, -0.1) is 0 Å². The van der Waals surface area contributed by atoms with Gasteiger partial charge in [-0.3, -0.25) is 9.80 Å². The Morgan fingerprint density at radius 3 is 2.74 bits per heavy atom. The molecule has 0 aromatic rings. The highest BCUT2D eigenvalue weighted by Crippen LogP contribution is 2.33. The Balaban J connectivity index is 1.60. The SMILES string of the molecule is CC1CN2CCCCC2CN1CC1(C)CCOCC1. The first kappa shape index (κ1) is 13.8. The Hall–Kier alpha value is -0.120. The Bertz CT molecular complexity index is 301. The van der Waals surface area contributed by atoms with Crippen molar-refractivity contribution in [2.45, 2.75) is 58.0 Å². The molecule has 2 atom stereocenters. The van der Waals surface area contributed by atoms with Crippen molar-refractivity contribution in [1.82, 2.24) is 9.80 Å². The van der Waals surface area contributed by atoms with E-state index in [1.165, 1.54) is 58.3 Å². The summed E-state index contributed by atoms with van der Waals surface area (Å²) in [6, 6.07) is 1.57. The maximum absolute atomic E-state index is 5.54. The summed E-state index contributed by atoms with van der Waals surface area (Å²) in [5.41, 5.74) is 0.489. The third-order valence-electron chi connectivity index (χ3n) is 5.60. The van der Waals surface area contributed by atoms with Crippen LogP contribution in [0.15, 0.2) is 0 Å². The van der Waals surface area contributed by atoms with E-state index in [0.717, 1.165) is 25.3 Å². The molecule has 3 aliphatic heterocycles. The Kier molecular flexibility index (Phi) is 4.16. The standard InChI is InChI=1S/C16H30N2O/c1-14-11-17-8-4-3-5-15(17)12-18(14)13-16(2)6-9-19-10-7-16/h14-15H,3-13H2,1-2H3. The number of piperazine rings is 1. The number of hydrogen-bond donors (Lipinski definition) is 0. The highest BCUT2D eigenvalue weighted by Gasteiger charge is 2.37. The van der Waals surface area contributed by atoms with Gasteiger partial charge in [0.1, 0.15) is 0 Å². The molecule has 3 heterocycles. The molecule has 2 unspecified atom stereocenters. The lowest BCUT2D eigenvalue weighted by Gasteiger charge is -2.50. The summed E-state index contributed by atoms with van der Waals surface area (Å²) in [6.45, 7) is 12.0. The van der Waals surface area contributed by atoms with Crippen molar-refractivity contribution in [1.29, 1.82) is 0 Å². The fourth-order valence-electron chi connectivity index (χ4n) is 4.15. The van der Waals surface area contributed by atoms with Gasteiger partial charge in [0, 0.05) is 44.9 Å². The van der Waals surface area contributed by atoms with Crippen molar-refractivity contribution >= 4 is 0 Å². The van der Waals surface area contributed by atoms with Crippen molar-refractivity contribution in [3.05, 3.63) is 0 Å². The molecule has 0 bridgehead atoms. The van der Waals surface area contributed by atoms with Gasteiger partial charge in [-0.05, 0) is 44.6 Å². The van der Waals surface area contributed by atoms with E-state index in [-0.39, 0.29) is 0 Å². The van der Waals surface area contributed by atoms with Crippen LogP contribution >= 0.6 is 0 Å². The molecule has 0 amide bonds. The molecule has 0 aromatic heterocycles. The molecule has 3 rings (SSSR count). The van der Waals surface area contributed by atoms with Crippen LogP contribution < -0.4 is 0 Å². The number of hydrogen-bond acceptors (Lipinski definition) is 3. The lowest BCUT2D eigenvalue weighted by molar-refractivity contribution is -0.0364. The minimum atomic E-state index is 0.489. The minimum Gasteiger partial charge on any atom is -0.381 e. The molecule has 0 saturated carbocycles. The summed E-state index contributed by atoms with van der Waals surface area (Å²) in [5.74, 6) is 0. The zero-order chi connectivity index (χ0) is 13.3. The molecule has 0 N–H and O–H groups in total. The van der Waals surface area contributed by atoms with E-state index >= 15 is 0 Å². The third kappa shape index (κ3) is 3.14. The van der Waals surface area contributed by atoms with Gasteiger partial charge < -0.3 is 4.74 Å². The van der Waals surface area contributed by atoms with Crippen LogP contribution in [0.4, 0.5) is 0 Å². The normalized spacial score (nSPS) is 36.9. The van der Waals surface area contributed by atoms with Crippen molar-refractivity contribution in [2.75, 3.05) is 39.4 Å². The second-order valence-electron chi connectivity index (χ2n) is 7.35. The average molecular weight is 266 g/mol. The molecule has 0 spiro atoms. The Labute approximate surface area is 118 Å². The summed E-state index contributed by atoms with van der Waals surface area (Å²) >= 11 is 0. The predicted molar refractivity (Wildman–Crippen MR) is 78.4 cm³/mol. The van der Waals surface area contributed by atoms with Gasteiger partial charge in [0.05, 0.1) is 0 Å². The molecule has 19 heavy (non-hydrogen) atoms. The van der Waals surface area contributed by atoms with E-state index in [0.29, 0.717) is 5.41 Å². The second-order valence-corrected chi connectivity index (χ2v) is 7.35. The molecule has 3 heteroatoms. The largest absolute Gasteiger partial charge is 0.381 e. The molecular weight excluding hydrogens is 236 g/mol. The van der Waals surface area contributed by atoms with Crippen LogP contribution in [0.5, 0.6) is 0 Å². The minimum absolute atomic E-state index is 0.489. The molecule has 3 aliphatic rings. The van der Waals surface area contributed by atoms with Crippen LogP contribution in [0.2, 0.25) is 0 Å². The van der Waals surface area contributed by atoms with E-state index in [9.17, 15) is 0 Å². The van der Waals surface area contributed by atoms with Crippen LogP contribution in [0, 0.1) is 5.41 Å². The van der Waals surface area contributed by atoms with Crippen LogP contribution in [0.25, 0.3) is 0 Å². The van der Waals surface area contributed by atoms with Crippen molar-refractivity contribution in [2.24, 2.45) is 5.41 Å². The van der Waals surface area contributed by atoms with Gasteiger partial charge in [-0.2, -0.15) is 0 Å². The summed E-state index contributed by atoms with van der Waals surface area (Å²) in [5, 5.41) is 0. The highest BCUT2D eigenvalue weighted by molar-refractivity contribution is 4.92. The molecule has 0 aromatic carbocycles. The molecule has 110 valence electrons. The van der Waals surface area contributed by atoms with Gasteiger partial charge in [0.2, 0.25) is 0 Å². The third-order valence-corrected chi connectivity index (χ3v) is 5.60. The Morgan fingerprint density at radius 1 is 1.16 bits per heavy atom. The van der Waals surface area contributed by atoms with Crippen molar-refractivity contribution < 1.29 is 4.74 Å². The van der Waals surface area contributed by atoms with E-state index < -0.39 is 0 Å². The summed E-state index contributed by atoms with van der Waals surface area (Å²) in [7, 11) is 0. The molecular formula is C16H30N2O. The number of fused-ring (bicyclic) bond motifs is 1. The summed E-state index contributed by atoms with van der Waals surface area (Å²) in [4.78, 5) is 5.52. The molecule has 0 radical (unpaired) electrons. The van der Waals surface area contributed by atoms with E-state index in [4.69, 9.17) is 4.74 Å². The highest BCUT2D eigenvalue weighted by atomic mass is 16.5. The van der Waals surface area contributed by atoms with Gasteiger partial charge >= 0.3 is 0 Å².